The van der Waals surface area contributed by atoms with Gasteiger partial charge in [0.2, 0.25) is 0 Å². The van der Waals surface area contributed by atoms with Crippen LogP contribution in [0, 0.1) is 0 Å². The monoisotopic (exact) mass is 283 g/mol. The number of esters is 1. The Kier molecular flexibility index (Phi) is 4.87. The van der Waals surface area contributed by atoms with E-state index in [1.54, 1.807) is 42.6 Å². The normalized spacial score (nSPS) is 10.5. The summed E-state index contributed by atoms with van der Waals surface area (Å²) in [6.07, 6.45) is 2.23. The number of carbonyl (C=O) groups excluding carboxylic acids is 2. The first-order chi connectivity index (χ1) is 10.2. The maximum Gasteiger partial charge on any atom is 0.356 e. The quantitative estimate of drug-likeness (QED) is 0.474. The smallest absolute Gasteiger partial charge is 0.356 e. The first-order valence-corrected chi connectivity index (χ1v) is 6.19. The Morgan fingerprint density at radius 3 is 2.71 bits per heavy atom. The molecule has 0 unspecified atom stereocenters. The van der Waals surface area contributed by atoms with Gasteiger partial charge in [-0.05, 0) is 24.3 Å². The van der Waals surface area contributed by atoms with Gasteiger partial charge in [0.15, 0.2) is 6.29 Å². The fraction of sp³-hybridized carbons (Fsp3) is 0.133. The van der Waals surface area contributed by atoms with Gasteiger partial charge in [-0.2, -0.15) is 0 Å². The van der Waals surface area contributed by atoms with E-state index in [0.717, 1.165) is 0 Å². The van der Waals surface area contributed by atoms with Crippen molar-refractivity contribution in [3.05, 3.63) is 59.2 Å². The summed E-state index contributed by atoms with van der Waals surface area (Å²) in [6.45, 7) is 0.325. The van der Waals surface area contributed by atoms with Crippen molar-refractivity contribution in [2.24, 2.45) is 4.99 Å². The van der Waals surface area contributed by atoms with Crippen molar-refractivity contribution in [2.45, 2.75) is 6.54 Å². The number of hydrogen-bond acceptors (Lipinski definition) is 6. The minimum Gasteiger partial charge on any atom is -0.464 e. The van der Waals surface area contributed by atoms with Gasteiger partial charge in [-0.25, -0.2) is 14.8 Å². The molecule has 21 heavy (non-hydrogen) atoms. The van der Waals surface area contributed by atoms with Crippen molar-refractivity contribution in [3.8, 4) is 0 Å². The molecule has 2 aromatic heterocycles. The maximum atomic E-state index is 11.4. The van der Waals surface area contributed by atoms with Crippen LogP contribution in [0.5, 0.6) is 0 Å². The average molecular weight is 283 g/mol. The van der Waals surface area contributed by atoms with Crippen molar-refractivity contribution in [1.82, 2.24) is 9.97 Å². The van der Waals surface area contributed by atoms with Crippen LogP contribution in [0.4, 0.5) is 0 Å². The van der Waals surface area contributed by atoms with E-state index in [2.05, 4.69) is 19.7 Å². The zero-order chi connectivity index (χ0) is 15.1. The molecule has 0 aromatic carbocycles. The van der Waals surface area contributed by atoms with Crippen molar-refractivity contribution in [2.75, 3.05) is 7.11 Å². The van der Waals surface area contributed by atoms with Gasteiger partial charge in [0.25, 0.3) is 0 Å². The summed E-state index contributed by atoms with van der Waals surface area (Å²) in [4.78, 5) is 34.4. The molecule has 0 aliphatic heterocycles. The highest BCUT2D eigenvalue weighted by atomic mass is 16.5. The number of rotatable bonds is 5. The lowest BCUT2D eigenvalue weighted by molar-refractivity contribution is 0.0594. The Balaban J connectivity index is 2.07. The van der Waals surface area contributed by atoms with Gasteiger partial charge in [0, 0.05) is 6.21 Å². The summed E-state index contributed by atoms with van der Waals surface area (Å²) >= 11 is 0. The molecule has 2 heterocycles. The maximum absolute atomic E-state index is 11.4. The number of aromatic nitrogens is 2. The van der Waals surface area contributed by atoms with Crippen LogP contribution >= 0.6 is 0 Å². The standard InChI is InChI=1S/C15H13N3O3/c1-21-15(20)14-7-3-5-12(18-14)9-16-8-11-4-2-6-13(10-19)17-11/h2-7,9-10H,8H2,1H3. The average Bonchev–Trinajstić information content (AvgIpc) is 2.54. The summed E-state index contributed by atoms with van der Waals surface area (Å²) in [6, 6.07) is 10.2. The zero-order valence-corrected chi connectivity index (χ0v) is 11.4. The van der Waals surface area contributed by atoms with E-state index < -0.39 is 5.97 Å². The number of pyridine rings is 2. The van der Waals surface area contributed by atoms with Gasteiger partial charge in [0.1, 0.15) is 11.4 Å². The summed E-state index contributed by atoms with van der Waals surface area (Å²) in [7, 11) is 1.30. The Bertz CT molecular complexity index is 683. The molecule has 6 heteroatoms. The van der Waals surface area contributed by atoms with Gasteiger partial charge in [-0.3, -0.25) is 9.79 Å². The highest BCUT2D eigenvalue weighted by Crippen LogP contribution is 2.02. The molecule has 0 aliphatic carbocycles. The van der Waals surface area contributed by atoms with E-state index in [-0.39, 0.29) is 5.69 Å². The van der Waals surface area contributed by atoms with E-state index >= 15 is 0 Å². The molecule has 0 bridgehead atoms. The number of aldehydes is 1. The molecule has 106 valence electrons. The number of aliphatic imine (C=N–C) groups is 1. The minimum atomic E-state index is -0.495. The first kappa shape index (κ1) is 14.5. The predicted octanol–water partition coefficient (Wildman–Crippen LogP) is 1.69. The Labute approximate surface area is 121 Å². The SMILES string of the molecule is COC(=O)c1cccc(C=NCc2cccc(C=O)n2)n1. The Hall–Kier alpha value is -2.89. The van der Waals surface area contributed by atoms with Crippen molar-refractivity contribution >= 4 is 18.5 Å². The minimum absolute atomic E-state index is 0.225. The van der Waals surface area contributed by atoms with Crippen LogP contribution in [0.15, 0.2) is 41.4 Å². The highest BCUT2D eigenvalue weighted by molar-refractivity contribution is 5.88. The molecule has 0 amide bonds. The number of ether oxygens (including phenoxy) is 1. The third-order valence-electron chi connectivity index (χ3n) is 2.59. The molecule has 0 spiro atoms. The number of hydrogen-bond donors (Lipinski definition) is 0. The first-order valence-electron chi connectivity index (χ1n) is 6.19. The molecule has 0 saturated heterocycles. The molecule has 2 aromatic rings. The van der Waals surface area contributed by atoms with E-state index in [0.29, 0.717) is 29.9 Å². The van der Waals surface area contributed by atoms with E-state index in [1.165, 1.54) is 7.11 Å². The van der Waals surface area contributed by atoms with Crippen molar-refractivity contribution in [3.63, 3.8) is 0 Å². The highest BCUT2D eigenvalue weighted by Gasteiger charge is 2.06. The van der Waals surface area contributed by atoms with Gasteiger partial charge in [0.05, 0.1) is 25.0 Å². The van der Waals surface area contributed by atoms with E-state index in [1.807, 2.05) is 0 Å². The van der Waals surface area contributed by atoms with Gasteiger partial charge in [-0.1, -0.05) is 12.1 Å². The van der Waals surface area contributed by atoms with Crippen LogP contribution in [-0.4, -0.2) is 35.5 Å². The molecule has 6 nitrogen and oxygen atoms in total. The topological polar surface area (TPSA) is 81.5 Å². The summed E-state index contributed by atoms with van der Waals surface area (Å²) < 4.78 is 4.60. The molecule has 0 N–H and O–H groups in total. The van der Waals surface area contributed by atoms with Gasteiger partial charge < -0.3 is 4.74 Å². The number of carbonyl (C=O) groups is 2. The fourth-order valence-electron chi connectivity index (χ4n) is 1.63. The third-order valence-corrected chi connectivity index (χ3v) is 2.59. The van der Waals surface area contributed by atoms with Crippen molar-refractivity contribution in [1.29, 1.82) is 0 Å². The van der Waals surface area contributed by atoms with Crippen LogP contribution in [0.2, 0.25) is 0 Å². The Morgan fingerprint density at radius 2 is 1.95 bits per heavy atom. The fourth-order valence-corrected chi connectivity index (χ4v) is 1.63. The predicted molar refractivity (Wildman–Crippen MR) is 76.5 cm³/mol. The number of methoxy groups -OCH3 is 1. The lowest BCUT2D eigenvalue weighted by Crippen LogP contribution is -2.05. The summed E-state index contributed by atoms with van der Waals surface area (Å²) in [5, 5.41) is 0. The van der Waals surface area contributed by atoms with Gasteiger partial charge >= 0.3 is 5.97 Å². The molecule has 0 atom stereocenters. The second-order valence-electron chi connectivity index (χ2n) is 4.08. The summed E-state index contributed by atoms with van der Waals surface area (Å²) in [5.74, 6) is -0.495. The summed E-state index contributed by atoms with van der Waals surface area (Å²) in [5.41, 5.74) is 1.82. The van der Waals surface area contributed by atoms with Crippen LogP contribution < -0.4 is 0 Å². The molecular formula is C15H13N3O3. The third kappa shape index (κ3) is 4.04. The lowest BCUT2D eigenvalue weighted by atomic mass is 10.3. The second kappa shape index (κ2) is 7.04. The van der Waals surface area contributed by atoms with Crippen LogP contribution in [0.3, 0.4) is 0 Å². The molecule has 0 aliphatic rings. The van der Waals surface area contributed by atoms with E-state index in [9.17, 15) is 9.59 Å². The van der Waals surface area contributed by atoms with Crippen LogP contribution in [0.25, 0.3) is 0 Å². The molecule has 2 rings (SSSR count). The van der Waals surface area contributed by atoms with Crippen LogP contribution in [0.1, 0.15) is 32.4 Å². The molecular weight excluding hydrogens is 270 g/mol. The molecule has 0 saturated carbocycles. The number of nitrogens with zero attached hydrogens (tertiary/aromatic N) is 3. The van der Waals surface area contributed by atoms with Gasteiger partial charge in [-0.15, -0.1) is 0 Å². The lowest BCUT2D eigenvalue weighted by Gasteiger charge is -1.99. The second-order valence-corrected chi connectivity index (χ2v) is 4.08. The Morgan fingerprint density at radius 1 is 1.19 bits per heavy atom. The molecule has 0 fully saturated rings. The van der Waals surface area contributed by atoms with Crippen LogP contribution in [-0.2, 0) is 11.3 Å². The van der Waals surface area contributed by atoms with E-state index in [4.69, 9.17) is 0 Å². The van der Waals surface area contributed by atoms with Crippen molar-refractivity contribution < 1.29 is 14.3 Å². The zero-order valence-electron chi connectivity index (χ0n) is 11.4. The molecule has 0 radical (unpaired) electrons. The largest absolute Gasteiger partial charge is 0.464 e.